The van der Waals surface area contributed by atoms with Crippen LogP contribution in [0.25, 0.3) is 11.4 Å². The molecule has 0 bridgehead atoms. The Bertz CT molecular complexity index is 1530. The SMILES string of the molecule is NS(=O)(=O)CCOc1cc(-n2ccccc2=O)ccc1-n1cc(CNC(=O)c2ccc(Cl)s2)nn1. The molecular weight excluding hydrogens is 516 g/mol. The molecule has 0 spiro atoms. The van der Waals surface area contributed by atoms with Gasteiger partial charge in [0.05, 0.1) is 33.4 Å². The lowest BCUT2D eigenvalue weighted by Gasteiger charge is -2.13. The van der Waals surface area contributed by atoms with Gasteiger partial charge in [-0.15, -0.1) is 16.4 Å². The summed E-state index contributed by atoms with van der Waals surface area (Å²) >= 11 is 7.03. The highest BCUT2D eigenvalue weighted by Crippen LogP contribution is 2.26. The molecule has 14 heteroatoms. The molecule has 0 unspecified atom stereocenters. The van der Waals surface area contributed by atoms with E-state index in [-0.39, 0.29) is 30.4 Å². The number of sulfonamides is 1. The topological polar surface area (TPSA) is 151 Å². The molecule has 0 radical (unpaired) electrons. The maximum atomic E-state index is 12.2. The van der Waals surface area contributed by atoms with E-state index in [9.17, 15) is 18.0 Å². The van der Waals surface area contributed by atoms with Gasteiger partial charge in [-0.3, -0.25) is 14.2 Å². The maximum absolute atomic E-state index is 12.2. The van der Waals surface area contributed by atoms with E-state index >= 15 is 0 Å². The fourth-order valence-corrected chi connectivity index (χ4v) is 4.33. The second kappa shape index (κ2) is 10.4. The second-order valence-corrected chi connectivity index (χ2v) is 10.7. The number of benzene rings is 1. The predicted molar refractivity (Wildman–Crippen MR) is 131 cm³/mol. The summed E-state index contributed by atoms with van der Waals surface area (Å²) in [5.41, 5.74) is 1.18. The van der Waals surface area contributed by atoms with Crippen molar-refractivity contribution in [1.82, 2.24) is 24.9 Å². The molecule has 3 heterocycles. The number of hydrogen-bond donors (Lipinski definition) is 2. The van der Waals surface area contributed by atoms with E-state index in [4.69, 9.17) is 21.5 Å². The normalized spacial score (nSPS) is 11.4. The van der Waals surface area contributed by atoms with Crippen LogP contribution in [0, 0.1) is 0 Å². The van der Waals surface area contributed by atoms with Crippen LogP contribution < -0.4 is 20.8 Å². The van der Waals surface area contributed by atoms with Crippen molar-refractivity contribution in [2.75, 3.05) is 12.4 Å². The highest BCUT2D eigenvalue weighted by Gasteiger charge is 2.14. The minimum absolute atomic E-state index is 0.119. The van der Waals surface area contributed by atoms with Gasteiger partial charge in [0.1, 0.15) is 23.7 Å². The molecule has 0 saturated heterocycles. The van der Waals surface area contributed by atoms with Crippen molar-refractivity contribution in [3.63, 3.8) is 0 Å². The number of nitrogens with one attached hydrogen (secondary N) is 1. The number of pyridine rings is 1. The second-order valence-electron chi connectivity index (χ2n) is 7.22. The van der Waals surface area contributed by atoms with Gasteiger partial charge in [-0.2, -0.15) is 0 Å². The lowest BCUT2D eigenvalue weighted by Crippen LogP contribution is -2.22. The van der Waals surface area contributed by atoms with Gasteiger partial charge in [-0.25, -0.2) is 18.2 Å². The smallest absolute Gasteiger partial charge is 0.261 e. The van der Waals surface area contributed by atoms with Gasteiger partial charge in [-0.1, -0.05) is 22.9 Å². The third-order valence-electron chi connectivity index (χ3n) is 4.68. The minimum Gasteiger partial charge on any atom is -0.490 e. The number of amides is 1. The van der Waals surface area contributed by atoms with E-state index in [0.717, 1.165) is 11.3 Å². The van der Waals surface area contributed by atoms with Crippen molar-refractivity contribution >= 4 is 38.9 Å². The minimum atomic E-state index is -3.74. The Kier molecular flexibility index (Phi) is 7.31. The molecule has 182 valence electrons. The fraction of sp³-hybridized carbons (Fsp3) is 0.143. The van der Waals surface area contributed by atoms with Crippen LogP contribution in [-0.4, -0.2) is 46.2 Å². The predicted octanol–water partition coefficient (Wildman–Crippen LogP) is 1.73. The number of carbonyl (C=O) groups excluding carboxylic acids is 1. The van der Waals surface area contributed by atoms with Crippen LogP contribution in [-0.2, 0) is 16.6 Å². The Morgan fingerprint density at radius 1 is 1.20 bits per heavy atom. The number of aromatic nitrogens is 4. The van der Waals surface area contributed by atoms with Crippen molar-refractivity contribution in [1.29, 1.82) is 0 Å². The molecule has 0 saturated carbocycles. The zero-order valence-electron chi connectivity index (χ0n) is 18.0. The first-order valence-corrected chi connectivity index (χ1v) is 13.0. The van der Waals surface area contributed by atoms with Crippen LogP contribution in [0.4, 0.5) is 0 Å². The average molecular weight is 535 g/mol. The molecule has 1 amide bonds. The van der Waals surface area contributed by atoms with Crippen molar-refractivity contribution < 1.29 is 17.9 Å². The van der Waals surface area contributed by atoms with Crippen molar-refractivity contribution in [3.05, 3.63) is 86.2 Å². The first kappa shape index (κ1) is 24.6. The maximum Gasteiger partial charge on any atom is 0.261 e. The molecule has 0 atom stereocenters. The number of rotatable bonds is 9. The molecule has 4 rings (SSSR count). The van der Waals surface area contributed by atoms with Crippen molar-refractivity contribution in [3.8, 4) is 17.1 Å². The van der Waals surface area contributed by atoms with Gasteiger partial charge < -0.3 is 10.1 Å². The molecule has 4 aromatic rings. The van der Waals surface area contributed by atoms with Gasteiger partial charge >= 0.3 is 0 Å². The zero-order chi connectivity index (χ0) is 25.0. The first-order chi connectivity index (χ1) is 16.7. The zero-order valence-corrected chi connectivity index (χ0v) is 20.4. The molecule has 0 aliphatic heterocycles. The Morgan fingerprint density at radius 2 is 2.03 bits per heavy atom. The monoisotopic (exact) mass is 534 g/mol. The van der Waals surface area contributed by atoms with Gasteiger partial charge in [0, 0.05) is 18.3 Å². The molecule has 1 aromatic carbocycles. The third kappa shape index (κ3) is 6.33. The summed E-state index contributed by atoms with van der Waals surface area (Å²) in [5, 5.41) is 16.0. The molecule has 0 aliphatic carbocycles. The highest BCUT2D eigenvalue weighted by atomic mass is 35.5. The average Bonchev–Trinajstić information content (AvgIpc) is 3.46. The van der Waals surface area contributed by atoms with Gasteiger partial charge in [0.2, 0.25) is 10.0 Å². The first-order valence-electron chi connectivity index (χ1n) is 10.1. The number of nitrogens with two attached hydrogens (primary N) is 1. The van der Waals surface area contributed by atoms with E-state index in [0.29, 0.717) is 26.3 Å². The summed E-state index contributed by atoms with van der Waals surface area (Å²) in [6, 6.07) is 12.9. The van der Waals surface area contributed by atoms with Crippen LogP contribution in [0.15, 0.2) is 65.7 Å². The Balaban J connectivity index is 1.58. The van der Waals surface area contributed by atoms with Crippen LogP contribution in [0.2, 0.25) is 4.34 Å². The molecular formula is C21H19ClN6O5S2. The van der Waals surface area contributed by atoms with Gasteiger partial charge in [-0.05, 0) is 30.3 Å². The van der Waals surface area contributed by atoms with E-state index < -0.39 is 15.8 Å². The number of nitrogens with zero attached hydrogens (tertiary/aromatic N) is 4. The van der Waals surface area contributed by atoms with Crippen molar-refractivity contribution in [2.24, 2.45) is 5.14 Å². The summed E-state index contributed by atoms with van der Waals surface area (Å²) in [4.78, 5) is 24.9. The van der Waals surface area contributed by atoms with Crippen LogP contribution >= 0.6 is 22.9 Å². The summed E-state index contributed by atoms with van der Waals surface area (Å²) < 4.78 is 31.7. The number of ether oxygens (including phenoxy) is 1. The summed E-state index contributed by atoms with van der Waals surface area (Å²) in [7, 11) is -3.74. The van der Waals surface area contributed by atoms with Crippen LogP contribution in [0.3, 0.4) is 0 Å². The Hall–Kier alpha value is -3.52. The number of halogens is 1. The Morgan fingerprint density at radius 3 is 2.74 bits per heavy atom. The van der Waals surface area contributed by atoms with E-state index in [1.807, 2.05) is 0 Å². The number of carbonyl (C=O) groups is 1. The molecule has 11 nitrogen and oxygen atoms in total. The lowest BCUT2D eigenvalue weighted by molar-refractivity contribution is 0.0954. The molecule has 0 aliphatic rings. The molecule has 35 heavy (non-hydrogen) atoms. The van der Waals surface area contributed by atoms with Gasteiger partial charge in [0.15, 0.2) is 0 Å². The number of primary sulfonamides is 1. The summed E-state index contributed by atoms with van der Waals surface area (Å²) in [6.07, 6.45) is 3.19. The Labute approximate surface area is 208 Å². The fourth-order valence-electron chi connectivity index (χ4n) is 3.06. The quantitative estimate of drug-likeness (QED) is 0.332. The third-order valence-corrected chi connectivity index (χ3v) is 6.65. The molecule has 3 N–H and O–H groups in total. The summed E-state index contributed by atoms with van der Waals surface area (Å²) in [6.45, 7) is -0.0899. The summed E-state index contributed by atoms with van der Waals surface area (Å²) in [5.74, 6) is -0.430. The highest BCUT2D eigenvalue weighted by molar-refractivity contribution is 7.89. The van der Waals surface area contributed by atoms with Crippen LogP contribution in [0.5, 0.6) is 5.75 Å². The number of hydrogen-bond acceptors (Lipinski definition) is 8. The largest absolute Gasteiger partial charge is 0.490 e. The van der Waals surface area contributed by atoms with E-state index in [1.165, 1.54) is 15.3 Å². The van der Waals surface area contributed by atoms with E-state index in [2.05, 4.69) is 15.6 Å². The lowest BCUT2D eigenvalue weighted by atomic mass is 10.2. The molecule has 0 fully saturated rings. The number of thiophene rings is 1. The van der Waals surface area contributed by atoms with E-state index in [1.54, 1.807) is 54.9 Å². The van der Waals surface area contributed by atoms with Gasteiger partial charge in [0.25, 0.3) is 11.5 Å². The standard InChI is InChI=1S/C21H19ClN6O5S2/c22-19-7-6-18(34-19)21(30)24-12-14-13-28(26-25-14)16-5-4-15(27-8-2-1-3-20(27)29)11-17(16)33-9-10-35(23,31)32/h1-8,11,13H,9-10,12H2,(H,24,30)(H2,23,31,32). The molecule has 3 aromatic heterocycles. The van der Waals surface area contributed by atoms with Crippen molar-refractivity contribution in [2.45, 2.75) is 6.54 Å². The van der Waals surface area contributed by atoms with Crippen LogP contribution in [0.1, 0.15) is 15.4 Å².